The number of carbonyl (C=O) groups excluding carboxylic acids is 1. The summed E-state index contributed by atoms with van der Waals surface area (Å²) in [4.78, 5) is 17.6. The van der Waals surface area contributed by atoms with E-state index in [9.17, 15) is 4.79 Å². The first-order valence-electron chi connectivity index (χ1n) is 9.20. The lowest BCUT2D eigenvalue weighted by Gasteiger charge is -2.14. The number of aliphatic imine (C=N–C) groups is 1. The molecule has 6 nitrogen and oxygen atoms in total. The summed E-state index contributed by atoms with van der Waals surface area (Å²) in [6, 6.07) is 9.68. The van der Waals surface area contributed by atoms with E-state index in [0.717, 1.165) is 22.4 Å². The predicted octanol–water partition coefficient (Wildman–Crippen LogP) is 4.61. The smallest absolute Gasteiger partial charge is 0.264 e. The first kappa shape index (κ1) is 20.8. The molecule has 0 unspecified atom stereocenters. The summed E-state index contributed by atoms with van der Waals surface area (Å²) in [7, 11) is 3.14. The number of nitrogens with one attached hydrogen (secondary N) is 1. The van der Waals surface area contributed by atoms with Crippen LogP contribution in [0.1, 0.15) is 23.6 Å². The molecular formula is C22H24N2O4S. The topological polar surface area (TPSA) is 69.2 Å². The zero-order valence-electron chi connectivity index (χ0n) is 17.2. The first-order chi connectivity index (χ1) is 13.9. The Hall–Kier alpha value is -2.93. The number of benzene rings is 2. The van der Waals surface area contributed by atoms with Crippen molar-refractivity contribution in [3.05, 3.63) is 51.9 Å². The Balaban J connectivity index is 1.92. The molecule has 3 rings (SSSR count). The van der Waals surface area contributed by atoms with Crippen molar-refractivity contribution >= 4 is 34.6 Å². The fourth-order valence-corrected chi connectivity index (χ4v) is 3.69. The Morgan fingerprint density at radius 3 is 2.41 bits per heavy atom. The Bertz CT molecular complexity index is 973. The van der Waals surface area contributed by atoms with Gasteiger partial charge in [-0.05, 0) is 73.5 Å². The second-order valence-corrected chi connectivity index (χ2v) is 7.49. The van der Waals surface area contributed by atoms with Gasteiger partial charge in [-0.25, -0.2) is 4.99 Å². The predicted molar refractivity (Wildman–Crippen MR) is 117 cm³/mol. The molecule has 0 radical (unpaired) electrons. The van der Waals surface area contributed by atoms with Gasteiger partial charge in [0.25, 0.3) is 5.91 Å². The zero-order chi connectivity index (χ0) is 21.0. The van der Waals surface area contributed by atoms with E-state index >= 15 is 0 Å². The summed E-state index contributed by atoms with van der Waals surface area (Å²) in [5, 5.41) is 3.38. The summed E-state index contributed by atoms with van der Waals surface area (Å²) in [6.45, 7) is 6.39. The van der Waals surface area contributed by atoms with E-state index in [1.807, 2.05) is 51.1 Å². The normalized spacial score (nSPS) is 16.2. The van der Waals surface area contributed by atoms with Crippen LogP contribution in [0.4, 0.5) is 5.69 Å². The van der Waals surface area contributed by atoms with Gasteiger partial charge in [-0.15, -0.1) is 0 Å². The van der Waals surface area contributed by atoms with E-state index in [1.165, 1.54) is 11.8 Å². The fourth-order valence-electron chi connectivity index (χ4n) is 2.85. The van der Waals surface area contributed by atoms with Crippen molar-refractivity contribution in [3.8, 4) is 17.2 Å². The van der Waals surface area contributed by atoms with E-state index in [4.69, 9.17) is 14.2 Å². The lowest BCUT2D eigenvalue weighted by atomic mass is 10.1. The van der Waals surface area contributed by atoms with Gasteiger partial charge in [0.2, 0.25) is 5.75 Å². The standard InChI is InChI=1S/C22H24N2O4S/c1-6-28-20-17(26-4)10-15(11-18(20)27-5)12-19-21(25)24-22(29-19)23-16-9-13(2)7-8-14(16)3/h7-12H,6H2,1-5H3,(H,23,24,25)/b19-12-. The molecule has 1 aliphatic heterocycles. The number of hydrogen-bond donors (Lipinski definition) is 1. The van der Waals surface area contributed by atoms with Gasteiger partial charge in [0.05, 0.1) is 31.4 Å². The minimum Gasteiger partial charge on any atom is -0.493 e. The number of amidine groups is 1. The van der Waals surface area contributed by atoms with Gasteiger partial charge < -0.3 is 19.5 Å². The summed E-state index contributed by atoms with van der Waals surface area (Å²) >= 11 is 1.30. The van der Waals surface area contributed by atoms with E-state index in [-0.39, 0.29) is 5.91 Å². The minimum atomic E-state index is -0.189. The van der Waals surface area contributed by atoms with Gasteiger partial charge >= 0.3 is 0 Å². The van der Waals surface area contributed by atoms with E-state index < -0.39 is 0 Å². The highest BCUT2D eigenvalue weighted by atomic mass is 32.2. The van der Waals surface area contributed by atoms with Crippen molar-refractivity contribution in [3.63, 3.8) is 0 Å². The molecule has 0 saturated carbocycles. The molecule has 0 aromatic heterocycles. The quantitative estimate of drug-likeness (QED) is 0.702. The Kier molecular flexibility index (Phi) is 6.49. The van der Waals surface area contributed by atoms with Crippen molar-refractivity contribution < 1.29 is 19.0 Å². The van der Waals surface area contributed by atoms with E-state index in [1.54, 1.807) is 20.3 Å². The van der Waals surface area contributed by atoms with Crippen LogP contribution in [0.5, 0.6) is 17.2 Å². The van der Waals surface area contributed by atoms with Crippen molar-refractivity contribution in [2.24, 2.45) is 4.99 Å². The van der Waals surface area contributed by atoms with Crippen LogP contribution in [0.2, 0.25) is 0 Å². The number of thioether (sulfide) groups is 1. The maximum absolute atomic E-state index is 12.4. The molecule has 0 atom stereocenters. The molecule has 2 aromatic carbocycles. The maximum atomic E-state index is 12.4. The third kappa shape index (κ3) is 4.74. The molecule has 1 heterocycles. The van der Waals surface area contributed by atoms with Crippen LogP contribution >= 0.6 is 11.8 Å². The van der Waals surface area contributed by atoms with Crippen LogP contribution in [-0.2, 0) is 4.79 Å². The third-order valence-corrected chi connectivity index (χ3v) is 5.22. The molecule has 29 heavy (non-hydrogen) atoms. The molecule has 1 N–H and O–H groups in total. The highest BCUT2D eigenvalue weighted by Gasteiger charge is 2.24. The molecule has 1 fully saturated rings. The molecule has 152 valence electrons. The molecule has 1 saturated heterocycles. The number of ether oxygens (including phenoxy) is 3. The molecule has 1 amide bonds. The molecular weight excluding hydrogens is 388 g/mol. The number of nitrogens with zero attached hydrogens (tertiary/aromatic N) is 1. The largest absolute Gasteiger partial charge is 0.493 e. The van der Waals surface area contributed by atoms with Gasteiger partial charge in [-0.3, -0.25) is 4.79 Å². The van der Waals surface area contributed by atoms with Crippen LogP contribution in [0.25, 0.3) is 6.08 Å². The van der Waals surface area contributed by atoms with Crippen molar-refractivity contribution in [1.82, 2.24) is 5.32 Å². The monoisotopic (exact) mass is 412 g/mol. The Labute approximate surface area is 175 Å². The summed E-state index contributed by atoms with van der Waals surface area (Å²) < 4.78 is 16.5. The van der Waals surface area contributed by atoms with Crippen LogP contribution in [0, 0.1) is 13.8 Å². The number of hydrogen-bond acceptors (Lipinski definition) is 6. The second kappa shape index (κ2) is 9.05. The van der Waals surface area contributed by atoms with Crippen molar-refractivity contribution in [1.29, 1.82) is 0 Å². The Morgan fingerprint density at radius 2 is 1.79 bits per heavy atom. The maximum Gasteiger partial charge on any atom is 0.264 e. The van der Waals surface area contributed by atoms with Crippen LogP contribution in [0.3, 0.4) is 0 Å². The van der Waals surface area contributed by atoms with Gasteiger partial charge in [0.1, 0.15) is 0 Å². The number of carbonyl (C=O) groups is 1. The molecule has 2 aromatic rings. The highest BCUT2D eigenvalue weighted by molar-refractivity contribution is 8.18. The second-order valence-electron chi connectivity index (χ2n) is 6.46. The van der Waals surface area contributed by atoms with Gasteiger partial charge in [-0.2, -0.15) is 0 Å². The number of rotatable bonds is 6. The molecule has 7 heteroatoms. The van der Waals surface area contributed by atoms with Crippen LogP contribution < -0.4 is 19.5 Å². The lowest BCUT2D eigenvalue weighted by Crippen LogP contribution is -2.19. The summed E-state index contributed by atoms with van der Waals surface area (Å²) in [5.41, 5.74) is 3.79. The SMILES string of the molecule is CCOc1c(OC)cc(/C=C2\SC(=Nc3cc(C)ccc3C)NC2=O)cc1OC. The number of aryl methyl sites for hydroxylation is 2. The molecule has 0 spiro atoms. The zero-order valence-corrected chi connectivity index (χ0v) is 18.0. The number of amides is 1. The minimum absolute atomic E-state index is 0.189. The fraction of sp³-hybridized carbons (Fsp3) is 0.273. The van der Waals surface area contributed by atoms with Crippen LogP contribution in [-0.4, -0.2) is 31.9 Å². The molecule has 0 aliphatic carbocycles. The highest BCUT2D eigenvalue weighted by Crippen LogP contribution is 2.40. The average Bonchev–Trinajstić information content (AvgIpc) is 3.04. The van der Waals surface area contributed by atoms with E-state index in [2.05, 4.69) is 10.3 Å². The van der Waals surface area contributed by atoms with Gasteiger partial charge in [0, 0.05) is 0 Å². The average molecular weight is 413 g/mol. The summed E-state index contributed by atoms with van der Waals surface area (Å²) in [5.74, 6) is 1.45. The van der Waals surface area contributed by atoms with Crippen LogP contribution in [0.15, 0.2) is 40.2 Å². The van der Waals surface area contributed by atoms with Gasteiger partial charge in [-0.1, -0.05) is 12.1 Å². The van der Waals surface area contributed by atoms with Crippen molar-refractivity contribution in [2.75, 3.05) is 20.8 Å². The molecule has 0 bridgehead atoms. The third-order valence-electron chi connectivity index (χ3n) is 4.31. The lowest BCUT2D eigenvalue weighted by molar-refractivity contribution is -0.115. The van der Waals surface area contributed by atoms with Gasteiger partial charge in [0.15, 0.2) is 16.7 Å². The Morgan fingerprint density at radius 1 is 1.10 bits per heavy atom. The van der Waals surface area contributed by atoms with E-state index in [0.29, 0.717) is 33.9 Å². The van der Waals surface area contributed by atoms with Crippen molar-refractivity contribution in [2.45, 2.75) is 20.8 Å². The molecule has 1 aliphatic rings. The number of methoxy groups -OCH3 is 2. The first-order valence-corrected chi connectivity index (χ1v) is 10.0. The summed E-state index contributed by atoms with van der Waals surface area (Å²) in [6.07, 6.45) is 1.78.